The quantitative estimate of drug-likeness (QED) is 0.236. The zero-order valence-corrected chi connectivity index (χ0v) is 23.9. The molecular weight excluding hydrogens is 572 g/mol. The van der Waals surface area contributed by atoms with Crippen molar-refractivity contribution in [2.45, 2.75) is 0 Å². The van der Waals surface area contributed by atoms with Gasteiger partial charge in [0.15, 0.2) is 17.5 Å². The average molecular weight is 587 g/mol. The molecule has 1 heterocycles. The van der Waals surface area contributed by atoms with Gasteiger partial charge in [-0.3, -0.25) is 0 Å². The molecule has 0 atom stereocenters. The van der Waals surface area contributed by atoms with Gasteiger partial charge in [-0.05, 0) is 44.5 Å². The average Bonchev–Trinajstić information content (AvgIpc) is 3.03. The van der Waals surface area contributed by atoms with Gasteiger partial charge in [0, 0.05) is 21.2 Å². The Labute approximate surface area is 258 Å². The number of rotatable bonds is 3. The molecule has 0 amide bonds. The van der Waals surface area contributed by atoms with Crippen molar-refractivity contribution < 1.29 is 0 Å². The Balaban J connectivity index is 1.56. The lowest BCUT2D eigenvalue weighted by Gasteiger charge is -2.21. The molecule has 10 radical (unpaired) electrons. The van der Waals surface area contributed by atoms with E-state index in [9.17, 15) is 0 Å². The maximum absolute atomic E-state index is 6.43. The summed E-state index contributed by atoms with van der Waals surface area (Å²) >= 11 is 3.82. The minimum Gasteiger partial charge on any atom is -0.208 e. The molecule has 7 aromatic rings. The number of halogens is 1. The van der Waals surface area contributed by atoms with Gasteiger partial charge in [-0.25, -0.2) is 15.0 Å². The molecule has 0 aliphatic heterocycles. The fourth-order valence-corrected chi connectivity index (χ4v) is 6.03. The van der Waals surface area contributed by atoms with Crippen LogP contribution in [0, 0.1) is 0 Å². The first-order valence-electron chi connectivity index (χ1n) is 13.2. The van der Waals surface area contributed by atoms with Gasteiger partial charge in [-0.15, -0.1) is 16.4 Å². The third kappa shape index (κ3) is 4.22. The lowest BCUT2D eigenvalue weighted by molar-refractivity contribution is 1.08. The third-order valence-corrected chi connectivity index (χ3v) is 8.32. The van der Waals surface area contributed by atoms with E-state index >= 15 is 0 Å². The van der Waals surface area contributed by atoms with Gasteiger partial charge in [-0.1, -0.05) is 106 Å². The highest BCUT2D eigenvalue weighted by Gasteiger charge is 2.20. The fraction of sp³-hybridized carbons (Fsp3) is 0. The second-order valence-corrected chi connectivity index (χ2v) is 10.9. The Hall–Kier alpha value is -4.09. The zero-order chi connectivity index (χ0) is 29.1. The summed E-state index contributed by atoms with van der Waals surface area (Å²) in [7, 11) is 31.3. The smallest absolute Gasteiger partial charge is 0.165 e. The van der Waals surface area contributed by atoms with E-state index in [1.165, 1.54) is 10.8 Å². The second-order valence-electron chi connectivity index (χ2n) is 10.1. The number of fused-ring (bicyclic) bond motifs is 6. The van der Waals surface area contributed by atoms with E-state index in [4.69, 9.17) is 54.2 Å². The SMILES string of the molecule is [B]c1c([B])c([B])c(-c2nc(-c3ccccc3)nc(-c3cc4c5ccccc5c5ccccc5c4cc3Br)n2)c([B])c1[B]. The van der Waals surface area contributed by atoms with Crippen LogP contribution in [0.4, 0.5) is 0 Å². The molecule has 9 heteroatoms. The van der Waals surface area contributed by atoms with Gasteiger partial charge in [0.05, 0.1) is 0 Å². The number of hydrogen-bond donors (Lipinski definition) is 0. The van der Waals surface area contributed by atoms with Crippen LogP contribution in [-0.4, -0.2) is 54.2 Å². The van der Waals surface area contributed by atoms with Crippen LogP contribution < -0.4 is 27.3 Å². The summed E-state index contributed by atoms with van der Waals surface area (Å²) in [6.07, 6.45) is 0. The van der Waals surface area contributed by atoms with Gasteiger partial charge in [0.25, 0.3) is 0 Å². The molecule has 0 spiro atoms. The summed E-state index contributed by atoms with van der Waals surface area (Å²) in [5.41, 5.74) is 2.59. The van der Waals surface area contributed by atoms with E-state index in [1.54, 1.807) is 0 Å². The van der Waals surface area contributed by atoms with E-state index in [2.05, 4.69) is 70.5 Å². The number of aromatic nitrogens is 3. The normalized spacial score (nSPS) is 11.5. The molecule has 0 N–H and O–H groups in total. The molecule has 0 aliphatic rings. The number of hydrogen-bond acceptors (Lipinski definition) is 3. The summed E-state index contributed by atoms with van der Waals surface area (Å²) in [5.74, 6) is 1.11. The molecule has 0 saturated carbocycles. The second kappa shape index (κ2) is 10.3. The molecule has 0 bridgehead atoms. The van der Waals surface area contributed by atoms with Crippen molar-refractivity contribution in [2.75, 3.05) is 0 Å². The molecule has 0 saturated heterocycles. The molecule has 42 heavy (non-hydrogen) atoms. The number of nitrogens with zero attached hydrogens (tertiary/aromatic N) is 3. The Morgan fingerprint density at radius 2 is 0.857 bits per heavy atom. The molecule has 184 valence electrons. The van der Waals surface area contributed by atoms with Gasteiger partial charge < -0.3 is 0 Å². The highest BCUT2D eigenvalue weighted by atomic mass is 79.9. The van der Waals surface area contributed by atoms with Gasteiger partial charge in [-0.2, -0.15) is 0 Å². The lowest BCUT2D eigenvalue weighted by atomic mass is 9.60. The van der Waals surface area contributed by atoms with Crippen molar-refractivity contribution in [2.24, 2.45) is 0 Å². The minimum absolute atomic E-state index is 0.127. The molecule has 1 aromatic heterocycles. The molecule has 0 aliphatic carbocycles. The molecule has 3 nitrogen and oxygen atoms in total. The monoisotopic (exact) mass is 587 g/mol. The van der Waals surface area contributed by atoms with Crippen LogP contribution in [0.3, 0.4) is 0 Å². The Kier molecular flexibility index (Phi) is 6.58. The maximum Gasteiger partial charge on any atom is 0.165 e. The van der Waals surface area contributed by atoms with Gasteiger partial charge in [0.1, 0.15) is 39.2 Å². The largest absolute Gasteiger partial charge is 0.208 e. The van der Waals surface area contributed by atoms with Crippen LogP contribution in [-0.2, 0) is 0 Å². The molecular formula is C33H15B5BrN3. The first-order valence-corrected chi connectivity index (χ1v) is 14.0. The summed E-state index contributed by atoms with van der Waals surface area (Å²) in [6, 6.07) is 30.7. The maximum atomic E-state index is 6.43. The van der Waals surface area contributed by atoms with Gasteiger partial charge >= 0.3 is 0 Å². The molecule has 0 unspecified atom stereocenters. The highest BCUT2D eigenvalue weighted by molar-refractivity contribution is 9.10. The van der Waals surface area contributed by atoms with E-state index in [1.807, 2.05) is 36.4 Å². The summed E-state index contributed by atoms with van der Waals surface area (Å²) < 4.78 is 0.823. The van der Waals surface area contributed by atoms with Gasteiger partial charge in [0.2, 0.25) is 0 Å². The van der Waals surface area contributed by atoms with Crippen LogP contribution in [0.25, 0.3) is 66.5 Å². The Morgan fingerprint density at radius 3 is 1.43 bits per heavy atom. The van der Waals surface area contributed by atoms with Crippen LogP contribution >= 0.6 is 15.9 Å². The highest BCUT2D eigenvalue weighted by Crippen LogP contribution is 2.40. The van der Waals surface area contributed by atoms with E-state index < -0.39 is 0 Å². The molecule has 0 fully saturated rings. The van der Waals surface area contributed by atoms with E-state index in [0.717, 1.165) is 37.1 Å². The predicted octanol–water partition coefficient (Wildman–Crippen LogP) is 3.06. The summed E-state index contributed by atoms with van der Waals surface area (Å²) in [6.45, 7) is 0. The van der Waals surface area contributed by atoms with Crippen molar-refractivity contribution in [1.29, 1.82) is 0 Å². The van der Waals surface area contributed by atoms with Crippen molar-refractivity contribution >= 4 is 115 Å². The lowest BCUT2D eigenvalue weighted by Crippen LogP contribution is -2.55. The summed E-state index contributed by atoms with van der Waals surface area (Å²) in [5, 5.41) is 6.84. The van der Waals surface area contributed by atoms with Crippen LogP contribution in [0.2, 0.25) is 0 Å². The third-order valence-electron chi connectivity index (χ3n) is 7.66. The zero-order valence-electron chi connectivity index (χ0n) is 22.3. The minimum atomic E-state index is 0.127. The van der Waals surface area contributed by atoms with Crippen molar-refractivity contribution in [3.63, 3.8) is 0 Å². The summed E-state index contributed by atoms with van der Waals surface area (Å²) in [4.78, 5) is 14.6. The van der Waals surface area contributed by atoms with Crippen LogP contribution in [0.5, 0.6) is 0 Å². The number of benzene rings is 6. The van der Waals surface area contributed by atoms with E-state index in [0.29, 0.717) is 17.2 Å². The first kappa shape index (κ1) is 26.8. The van der Waals surface area contributed by atoms with E-state index in [-0.39, 0.29) is 33.1 Å². The predicted molar refractivity (Wildman–Crippen MR) is 183 cm³/mol. The fourth-order valence-electron chi connectivity index (χ4n) is 5.51. The van der Waals surface area contributed by atoms with Crippen molar-refractivity contribution in [3.8, 4) is 34.2 Å². The molecule has 7 rings (SSSR count). The topological polar surface area (TPSA) is 38.7 Å². The Bertz CT molecular complexity index is 2190. The van der Waals surface area contributed by atoms with Crippen LogP contribution in [0.1, 0.15) is 0 Å². The van der Waals surface area contributed by atoms with Crippen molar-refractivity contribution in [3.05, 3.63) is 95.5 Å². The Morgan fingerprint density at radius 1 is 0.429 bits per heavy atom. The standard InChI is InChI=1S/C33H15B5BrN3/c34-26-25(27(35)29(37)30(38)28(26)36)33-41-31(16-8-2-1-3-9-16)40-32(42-33)23-14-21-19-12-6-4-10-17(19)18-11-5-7-13-20(18)22(21)15-24(23)39/h1-15H. The first-order chi connectivity index (χ1) is 20.3. The van der Waals surface area contributed by atoms with Crippen LogP contribution in [0.15, 0.2) is 95.5 Å². The molecule has 6 aromatic carbocycles. The van der Waals surface area contributed by atoms with Crippen molar-refractivity contribution in [1.82, 2.24) is 15.0 Å².